The average molecular weight is 207 g/mol. The number of rotatable bonds is 3. The number of alkyl halides is 3. The van der Waals surface area contributed by atoms with E-state index in [0.717, 1.165) is 25.9 Å². The van der Waals surface area contributed by atoms with Gasteiger partial charge in [0.1, 0.15) is 0 Å². The van der Waals surface area contributed by atoms with Crippen molar-refractivity contribution in [3.05, 3.63) is 12.7 Å². The van der Waals surface area contributed by atoms with E-state index in [1.807, 2.05) is 11.0 Å². The first-order valence-corrected chi connectivity index (χ1v) is 4.93. The molecule has 1 saturated heterocycles. The summed E-state index contributed by atoms with van der Waals surface area (Å²) in [7, 11) is 0. The predicted molar refractivity (Wildman–Crippen MR) is 50.0 cm³/mol. The van der Waals surface area contributed by atoms with Crippen LogP contribution in [-0.4, -0.2) is 30.7 Å². The van der Waals surface area contributed by atoms with E-state index in [1.54, 1.807) is 0 Å². The van der Waals surface area contributed by atoms with Crippen LogP contribution in [0.25, 0.3) is 0 Å². The molecule has 0 unspecified atom stereocenters. The standard InChI is InChI=1S/C10H16F3N/c1-2-9-3-6-14(7-4-9)8-5-10(11,12)13/h2,9H,1,3-8H2. The molecule has 0 aliphatic carbocycles. The third kappa shape index (κ3) is 4.13. The number of nitrogens with zero attached hydrogens (tertiary/aromatic N) is 1. The van der Waals surface area contributed by atoms with Crippen molar-refractivity contribution < 1.29 is 13.2 Å². The molecular formula is C10H16F3N. The number of hydrogen-bond acceptors (Lipinski definition) is 1. The van der Waals surface area contributed by atoms with E-state index in [4.69, 9.17) is 0 Å². The molecule has 0 amide bonds. The zero-order chi connectivity index (χ0) is 10.6. The Kier molecular flexibility index (Phi) is 3.98. The van der Waals surface area contributed by atoms with Crippen LogP contribution in [0, 0.1) is 5.92 Å². The highest BCUT2D eigenvalue weighted by atomic mass is 19.4. The molecule has 1 aliphatic rings. The lowest BCUT2D eigenvalue weighted by Gasteiger charge is -2.30. The summed E-state index contributed by atoms with van der Waals surface area (Å²) in [5, 5.41) is 0. The molecule has 0 spiro atoms. The van der Waals surface area contributed by atoms with Gasteiger partial charge in [-0.25, -0.2) is 0 Å². The topological polar surface area (TPSA) is 3.24 Å². The van der Waals surface area contributed by atoms with Crippen LogP contribution in [0.4, 0.5) is 13.2 Å². The van der Waals surface area contributed by atoms with Crippen molar-refractivity contribution >= 4 is 0 Å². The molecule has 0 N–H and O–H groups in total. The fourth-order valence-electron chi connectivity index (χ4n) is 1.70. The van der Waals surface area contributed by atoms with Gasteiger partial charge in [0.25, 0.3) is 0 Å². The van der Waals surface area contributed by atoms with Crippen molar-refractivity contribution in [2.75, 3.05) is 19.6 Å². The Morgan fingerprint density at radius 1 is 1.29 bits per heavy atom. The van der Waals surface area contributed by atoms with Crippen LogP contribution in [-0.2, 0) is 0 Å². The molecule has 14 heavy (non-hydrogen) atoms. The summed E-state index contributed by atoms with van der Waals surface area (Å²) in [6, 6.07) is 0. The minimum Gasteiger partial charge on any atom is -0.303 e. The van der Waals surface area contributed by atoms with Gasteiger partial charge in [0.15, 0.2) is 0 Å². The first-order chi connectivity index (χ1) is 6.51. The van der Waals surface area contributed by atoms with E-state index in [0.29, 0.717) is 5.92 Å². The molecule has 1 heterocycles. The van der Waals surface area contributed by atoms with E-state index >= 15 is 0 Å². The van der Waals surface area contributed by atoms with Crippen LogP contribution in [0.2, 0.25) is 0 Å². The largest absolute Gasteiger partial charge is 0.390 e. The number of halogens is 3. The summed E-state index contributed by atoms with van der Waals surface area (Å²) >= 11 is 0. The monoisotopic (exact) mass is 207 g/mol. The summed E-state index contributed by atoms with van der Waals surface area (Å²) in [5.41, 5.74) is 0. The number of piperidine rings is 1. The van der Waals surface area contributed by atoms with Crippen molar-refractivity contribution in [1.82, 2.24) is 4.90 Å². The fourth-order valence-corrected chi connectivity index (χ4v) is 1.70. The molecule has 0 bridgehead atoms. The summed E-state index contributed by atoms with van der Waals surface area (Å²) in [4.78, 5) is 1.88. The molecule has 4 heteroatoms. The van der Waals surface area contributed by atoms with Crippen LogP contribution in [0.5, 0.6) is 0 Å². The van der Waals surface area contributed by atoms with Crippen molar-refractivity contribution in [2.45, 2.75) is 25.4 Å². The van der Waals surface area contributed by atoms with Crippen LogP contribution < -0.4 is 0 Å². The highest BCUT2D eigenvalue weighted by Crippen LogP contribution is 2.22. The number of allylic oxidation sites excluding steroid dienone is 1. The number of likely N-dealkylation sites (tertiary alicyclic amines) is 1. The summed E-state index contributed by atoms with van der Waals surface area (Å²) in [5.74, 6) is 0.497. The van der Waals surface area contributed by atoms with Gasteiger partial charge in [0.05, 0.1) is 6.42 Å². The van der Waals surface area contributed by atoms with Gasteiger partial charge in [0.2, 0.25) is 0 Å². The highest BCUT2D eigenvalue weighted by Gasteiger charge is 2.28. The second-order valence-corrected chi connectivity index (χ2v) is 3.78. The summed E-state index contributed by atoms with van der Waals surface area (Å²) in [6.07, 6.45) is -0.912. The predicted octanol–water partition coefficient (Wildman–Crippen LogP) is 2.84. The molecule has 1 rings (SSSR count). The third-order valence-corrected chi connectivity index (χ3v) is 2.68. The van der Waals surface area contributed by atoms with Crippen LogP contribution in [0.1, 0.15) is 19.3 Å². The van der Waals surface area contributed by atoms with Crippen LogP contribution in [0.3, 0.4) is 0 Å². The van der Waals surface area contributed by atoms with Crippen LogP contribution >= 0.6 is 0 Å². The minimum atomic E-state index is -4.02. The Hall–Kier alpha value is -0.510. The average Bonchev–Trinajstić information content (AvgIpc) is 2.14. The van der Waals surface area contributed by atoms with E-state index in [2.05, 4.69) is 6.58 Å². The Labute approximate surface area is 82.6 Å². The molecule has 1 nitrogen and oxygen atoms in total. The quantitative estimate of drug-likeness (QED) is 0.643. The zero-order valence-corrected chi connectivity index (χ0v) is 8.19. The molecule has 82 valence electrons. The Morgan fingerprint density at radius 3 is 2.29 bits per heavy atom. The smallest absolute Gasteiger partial charge is 0.303 e. The molecule has 0 aromatic carbocycles. The summed E-state index contributed by atoms with van der Waals surface area (Å²) in [6.45, 7) is 5.38. The zero-order valence-electron chi connectivity index (χ0n) is 8.19. The van der Waals surface area contributed by atoms with Gasteiger partial charge in [-0.2, -0.15) is 13.2 Å². The maximum atomic E-state index is 11.9. The second-order valence-electron chi connectivity index (χ2n) is 3.78. The molecular weight excluding hydrogens is 191 g/mol. The summed E-state index contributed by atoms with van der Waals surface area (Å²) < 4.78 is 35.7. The second kappa shape index (κ2) is 4.82. The molecule has 1 fully saturated rings. The normalized spacial score (nSPS) is 21.1. The van der Waals surface area contributed by atoms with Crippen molar-refractivity contribution in [2.24, 2.45) is 5.92 Å². The van der Waals surface area contributed by atoms with Gasteiger partial charge in [-0.3, -0.25) is 0 Å². The van der Waals surface area contributed by atoms with Gasteiger partial charge in [-0.05, 0) is 31.8 Å². The molecule has 0 radical (unpaired) electrons. The van der Waals surface area contributed by atoms with Crippen molar-refractivity contribution in [3.63, 3.8) is 0 Å². The molecule has 0 aromatic rings. The van der Waals surface area contributed by atoms with E-state index in [9.17, 15) is 13.2 Å². The third-order valence-electron chi connectivity index (χ3n) is 2.68. The van der Waals surface area contributed by atoms with E-state index in [1.165, 1.54) is 0 Å². The lowest BCUT2D eigenvalue weighted by Crippen LogP contribution is -2.35. The lowest BCUT2D eigenvalue weighted by molar-refractivity contribution is -0.138. The van der Waals surface area contributed by atoms with E-state index < -0.39 is 12.6 Å². The van der Waals surface area contributed by atoms with Crippen LogP contribution in [0.15, 0.2) is 12.7 Å². The maximum absolute atomic E-state index is 11.9. The van der Waals surface area contributed by atoms with Gasteiger partial charge < -0.3 is 4.90 Å². The first kappa shape index (κ1) is 11.6. The maximum Gasteiger partial charge on any atom is 0.390 e. The van der Waals surface area contributed by atoms with Crippen molar-refractivity contribution in [1.29, 1.82) is 0 Å². The fraction of sp³-hybridized carbons (Fsp3) is 0.800. The lowest BCUT2D eigenvalue weighted by atomic mass is 9.97. The number of hydrogen-bond donors (Lipinski definition) is 0. The van der Waals surface area contributed by atoms with Crippen molar-refractivity contribution in [3.8, 4) is 0 Å². The van der Waals surface area contributed by atoms with Gasteiger partial charge in [0, 0.05) is 6.54 Å². The highest BCUT2D eigenvalue weighted by molar-refractivity contribution is 4.84. The Balaban J connectivity index is 2.19. The Morgan fingerprint density at radius 2 is 1.86 bits per heavy atom. The SMILES string of the molecule is C=CC1CCN(CCC(F)(F)F)CC1. The molecule has 0 atom stereocenters. The van der Waals surface area contributed by atoms with Gasteiger partial charge >= 0.3 is 6.18 Å². The molecule has 1 aliphatic heterocycles. The minimum absolute atomic E-state index is 0.146. The molecule has 0 saturated carbocycles. The Bertz CT molecular complexity index is 180. The van der Waals surface area contributed by atoms with Gasteiger partial charge in [-0.1, -0.05) is 6.08 Å². The van der Waals surface area contributed by atoms with E-state index in [-0.39, 0.29) is 6.54 Å². The first-order valence-electron chi connectivity index (χ1n) is 4.93. The van der Waals surface area contributed by atoms with Gasteiger partial charge in [-0.15, -0.1) is 6.58 Å². The molecule has 0 aromatic heterocycles.